The molecule has 0 aliphatic carbocycles. The van der Waals surface area contributed by atoms with E-state index in [1.165, 1.54) is 18.4 Å². The van der Waals surface area contributed by atoms with Gasteiger partial charge < -0.3 is 9.47 Å². The molecule has 0 bridgehead atoms. The number of benzene rings is 1. The first-order chi connectivity index (χ1) is 8.79. The van der Waals surface area contributed by atoms with Gasteiger partial charge in [0.2, 0.25) is 0 Å². The Bertz CT molecular complexity index is 377. The first-order valence-electron chi connectivity index (χ1n) is 6.67. The van der Waals surface area contributed by atoms with Crippen LogP contribution in [-0.2, 0) is 15.9 Å². The van der Waals surface area contributed by atoms with E-state index in [0.717, 1.165) is 19.4 Å². The summed E-state index contributed by atoms with van der Waals surface area (Å²) in [6.07, 6.45) is 4.87. The Morgan fingerprint density at radius 3 is 2.78 bits per heavy atom. The number of aryl methyl sites for hydroxylation is 1. The monoisotopic (exact) mass is 248 g/mol. The molecule has 1 saturated heterocycles. The van der Waals surface area contributed by atoms with Crippen LogP contribution < -0.4 is 0 Å². The van der Waals surface area contributed by atoms with Gasteiger partial charge in [0.25, 0.3) is 0 Å². The van der Waals surface area contributed by atoms with E-state index in [1.807, 2.05) is 31.2 Å². The van der Waals surface area contributed by atoms with Crippen LogP contribution in [0.2, 0.25) is 0 Å². The molecule has 1 heterocycles. The van der Waals surface area contributed by atoms with Crippen molar-refractivity contribution in [2.45, 2.75) is 38.7 Å². The number of carbonyl (C=O) groups excluding carboxylic acids is 1. The molecule has 98 valence electrons. The molecule has 0 spiro atoms. The molecule has 0 saturated carbocycles. The lowest BCUT2D eigenvalue weighted by atomic mass is 10.0. The van der Waals surface area contributed by atoms with Gasteiger partial charge in [-0.3, -0.25) is 0 Å². The van der Waals surface area contributed by atoms with Crippen LogP contribution in [0.1, 0.15) is 42.1 Å². The van der Waals surface area contributed by atoms with Crippen LogP contribution in [0.5, 0.6) is 0 Å². The van der Waals surface area contributed by atoms with E-state index in [4.69, 9.17) is 9.47 Å². The molecule has 1 aliphatic heterocycles. The van der Waals surface area contributed by atoms with Crippen LogP contribution in [-0.4, -0.2) is 25.3 Å². The third-order valence-corrected chi connectivity index (χ3v) is 3.24. The summed E-state index contributed by atoms with van der Waals surface area (Å²) in [5.41, 5.74) is 1.87. The summed E-state index contributed by atoms with van der Waals surface area (Å²) < 4.78 is 10.5. The predicted molar refractivity (Wildman–Crippen MR) is 69.7 cm³/mol. The average molecular weight is 248 g/mol. The Morgan fingerprint density at radius 1 is 1.39 bits per heavy atom. The summed E-state index contributed by atoms with van der Waals surface area (Å²) in [7, 11) is 0. The fourth-order valence-corrected chi connectivity index (χ4v) is 2.22. The van der Waals surface area contributed by atoms with Crippen molar-refractivity contribution in [1.82, 2.24) is 0 Å². The van der Waals surface area contributed by atoms with Gasteiger partial charge in [0, 0.05) is 6.61 Å². The van der Waals surface area contributed by atoms with Crippen molar-refractivity contribution < 1.29 is 14.3 Å². The quantitative estimate of drug-likeness (QED) is 0.751. The van der Waals surface area contributed by atoms with Gasteiger partial charge in [0.05, 0.1) is 18.3 Å². The third-order valence-electron chi connectivity index (χ3n) is 3.24. The van der Waals surface area contributed by atoms with Crippen molar-refractivity contribution >= 4 is 5.97 Å². The highest BCUT2D eigenvalue weighted by Crippen LogP contribution is 2.18. The van der Waals surface area contributed by atoms with Gasteiger partial charge in [-0.1, -0.05) is 12.1 Å². The summed E-state index contributed by atoms with van der Waals surface area (Å²) in [6.45, 7) is 3.14. The van der Waals surface area contributed by atoms with E-state index >= 15 is 0 Å². The zero-order valence-electron chi connectivity index (χ0n) is 10.9. The molecule has 1 aromatic carbocycles. The number of rotatable bonds is 5. The molecule has 0 aromatic heterocycles. The second-order valence-electron chi connectivity index (χ2n) is 4.59. The highest BCUT2D eigenvalue weighted by molar-refractivity contribution is 5.89. The van der Waals surface area contributed by atoms with E-state index in [1.54, 1.807) is 0 Å². The van der Waals surface area contributed by atoms with E-state index in [9.17, 15) is 4.79 Å². The first kappa shape index (κ1) is 13.1. The van der Waals surface area contributed by atoms with Gasteiger partial charge in [-0.05, 0) is 50.3 Å². The molecular formula is C15H20O3. The van der Waals surface area contributed by atoms with Gasteiger partial charge in [-0.25, -0.2) is 4.79 Å². The Kier molecular flexibility index (Phi) is 4.76. The average Bonchev–Trinajstić information content (AvgIpc) is 2.90. The Hall–Kier alpha value is -1.35. The van der Waals surface area contributed by atoms with E-state index in [-0.39, 0.29) is 5.97 Å². The molecule has 2 rings (SSSR count). The molecule has 0 radical (unpaired) electrons. The van der Waals surface area contributed by atoms with Crippen molar-refractivity contribution in [2.75, 3.05) is 13.2 Å². The molecule has 3 heteroatoms. The molecule has 1 atom stereocenters. The molecule has 0 N–H and O–H groups in total. The van der Waals surface area contributed by atoms with Gasteiger partial charge in [-0.2, -0.15) is 0 Å². The minimum Gasteiger partial charge on any atom is -0.462 e. The lowest BCUT2D eigenvalue weighted by molar-refractivity contribution is 0.0526. The maximum absolute atomic E-state index is 11.5. The summed E-state index contributed by atoms with van der Waals surface area (Å²) >= 11 is 0. The van der Waals surface area contributed by atoms with Crippen LogP contribution in [0.25, 0.3) is 0 Å². The van der Waals surface area contributed by atoms with Crippen molar-refractivity contribution in [2.24, 2.45) is 0 Å². The lowest BCUT2D eigenvalue weighted by Crippen LogP contribution is -2.07. The molecule has 0 amide bonds. The Labute approximate surface area is 108 Å². The number of hydrogen-bond donors (Lipinski definition) is 0. The van der Waals surface area contributed by atoms with Crippen molar-refractivity contribution in [1.29, 1.82) is 0 Å². The van der Waals surface area contributed by atoms with Crippen molar-refractivity contribution in [3.05, 3.63) is 35.4 Å². The summed E-state index contributed by atoms with van der Waals surface area (Å²) in [5, 5.41) is 0. The van der Waals surface area contributed by atoms with Gasteiger partial charge >= 0.3 is 5.97 Å². The summed E-state index contributed by atoms with van der Waals surface area (Å²) in [6, 6.07) is 7.67. The van der Waals surface area contributed by atoms with Crippen LogP contribution in [0.3, 0.4) is 0 Å². The minimum absolute atomic E-state index is 0.247. The molecule has 18 heavy (non-hydrogen) atoms. The maximum atomic E-state index is 11.5. The second-order valence-corrected chi connectivity index (χ2v) is 4.59. The van der Waals surface area contributed by atoms with Gasteiger partial charge in [0.15, 0.2) is 0 Å². The molecule has 1 aromatic rings. The number of esters is 1. The normalized spacial score (nSPS) is 18.8. The van der Waals surface area contributed by atoms with Crippen LogP contribution >= 0.6 is 0 Å². The number of ether oxygens (including phenoxy) is 2. The smallest absolute Gasteiger partial charge is 0.338 e. The molecule has 3 nitrogen and oxygen atoms in total. The number of carbonyl (C=O) groups is 1. The minimum atomic E-state index is -0.247. The van der Waals surface area contributed by atoms with E-state index < -0.39 is 0 Å². The predicted octanol–water partition coefficient (Wildman–Crippen LogP) is 2.97. The zero-order chi connectivity index (χ0) is 12.8. The molecular weight excluding hydrogens is 228 g/mol. The third kappa shape index (κ3) is 3.57. The van der Waals surface area contributed by atoms with Crippen LogP contribution in [0.4, 0.5) is 0 Å². The highest BCUT2D eigenvalue weighted by Gasteiger charge is 2.15. The number of hydrogen-bond acceptors (Lipinski definition) is 3. The first-order valence-corrected chi connectivity index (χ1v) is 6.67. The Balaban J connectivity index is 1.85. The zero-order valence-corrected chi connectivity index (χ0v) is 10.9. The molecule has 1 fully saturated rings. The van der Waals surface area contributed by atoms with Crippen LogP contribution in [0.15, 0.2) is 24.3 Å². The van der Waals surface area contributed by atoms with Crippen LogP contribution in [0, 0.1) is 0 Å². The van der Waals surface area contributed by atoms with E-state index in [0.29, 0.717) is 18.3 Å². The fraction of sp³-hybridized carbons (Fsp3) is 0.533. The van der Waals surface area contributed by atoms with E-state index in [2.05, 4.69) is 0 Å². The highest BCUT2D eigenvalue weighted by atomic mass is 16.5. The standard InChI is InChI=1S/C15H20O3/c1-2-17-15(16)13-8-5-12(6-9-13)7-10-14-4-3-11-18-14/h5-6,8-9,14H,2-4,7,10-11H2,1H3/t14-/m1/s1. The molecule has 1 aliphatic rings. The van der Waals surface area contributed by atoms with Crippen molar-refractivity contribution in [3.8, 4) is 0 Å². The summed E-state index contributed by atoms with van der Waals surface area (Å²) in [5.74, 6) is -0.247. The Morgan fingerprint density at radius 2 is 2.17 bits per heavy atom. The second kappa shape index (κ2) is 6.55. The SMILES string of the molecule is CCOC(=O)c1ccc(CC[C@H]2CCCO2)cc1. The fourth-order valence-electron chi connectivity index (χ4n) is 2.22. The van der Waals surface area contributed by atoms with Gasteiger partial charge in [0.1, 0.15) is 0 Å². The summed E-state index contributed by atoms with van der Waals surface area (Å²) in [4.78, 5) is 11.5. The van der Waals surface area contributed by atoms with Crippen molar-refractivity contribution in [3.63, 3.8) is 0 Å². The lowest BCUT2D eigenvalue weighted by Gasteiger charge is -2.09. The topological polar surface area (TPSA) is 35.5 Å². The van der Waals surface area contributed by atoms with Gasteiger partial charge in [-0.15, -0.1) is 0 Å². The largest absolute Gasteiger partial charge is 0.462 e. The molecule has 0 unspecified atom stereocenters. The maximum Gasteiger partial charge on any atom is 0.338 e.